The summed E-state index contributed by atoms with van der Waals surface area (Å²) in [5.41, 5.74) is -0.923. The van der Waals surface area contributed by atoms with Crippen LogP contribution in [-0.4, -0.2) is 17.1 Å². The molecule has 0 unspecified atom stereocenters. The molecule has 0 fully saturated rings. The summed E-state index contributed by atoms with van der Waals surface area (Å²) in [6, 6.07) is 3.82. The number of H-pyrrole nitrogens is 1. The number of benzene rings is 1. The molecule has 0 aliphatic carbocycles. The maximum Gasteiger partial charge on any atom is 0.287 e. The first-order valence-electron chi connectivity index (χ1n) is 4.70. The summed E-state index contributed by atoms with van der Waals surface area (Å²) < 4.78 is 31.6. The van der Waals surface area contributed by atoms with E-state index in [1.807, 2.05) is 0 Å². The first-order valence-corrected chi connectivity index (χ1v) is 4.70. The Bertz CT molecular complexity index is 611. The van der Waals surface area contributed by atoms with E-state index in [0.717, 1.165) is 12.4 Å². The molecule has 1 heterocycles. The van der Waals surface area contributed by atoms with Crippen molar-refractivity contribution in [2.45, 2.75) is 0 Å². The van der Waals surface area contributed by atoms with E-state index in [9.17, 15) is 13.6 Å². The third-order valence-electron chi connectivity index (χ3n) is 2.22. The zero-order valence-electron chi connectivity index (χ0n) is 8.83. The minimum atomic E-state index is -1.04. The number of ether oxygens (including phenoxy) is 1. The van der Waals surface area contributed by atoms with Crippen LogP contribution in [0.3, 0.4) is 0 Å². The van der Waals surface area contributed by atoms with Crippen molar-refractivity contribution in [1.29, 1.82) is 0 Å². The Kier molecular flexibility index (Phi) is 2.86. The molecule has 88 valence electrons. The lowest BCUT2D eigenvalue weighted by Gasteiger charge is -2.04. The third-order valence-corrected chi connectivity index (χ3v) is 2.22. The maximum atomic E-state index is 13.4. The van der Waals surface area contributed by atoms with E-state index < -0.39 is 17.2 Å². The molecule has 1 aromatic heterocycles. The van der Waals surface area contributed by atoms with Crippen LogP contribution >= 0.6 is 0 Å². The average Bonchev–Trinajstić information content (AvgIpc) is 2.32. The molecular weight excluding hydrogens is 230 g/mol. The highest BCUT2D eigenvalue weighted by molar-refractivity contribution is 5.60. The summed E-state index contributed by atoms with van der Waals surface area (Å²) in [6.45, 7) is 0. The van der Waals surface area contributed by atoms with Crippen molar-refractivity contribution in [3.8, 4) is 17.0 Å². The highest BCUT2D eigenvalue weighted by Gasteiger charge is 2.12. The molecule has 2 rings (SSSR count). The maximum absolute atomic E-state index is 13.4. The quantitative estimate of drug-likeness (QED) is 0.866. The zero-order chi connectivity index (χ0) is 12.4. The van der Waals surface area contributed by atoms with E-state index in [1.54, 1.807) is 0 Å². The Morgan fingerprint density at radius 1 is 1.35 bits per heavy atom. The van der Waals surface area contributed by atoms with Gasteiger partial charge >= 0.3 is 0 Å². The van der Waals surface area contributed by atoms with Gasteiger partial charge in [-0.1, -0.05) is 0 Å². The SMILES string of the molecule is COc1ccc(-c2nc[nH]c(=O)c2F)cc1F. The Hall–Kier alpha value is -2.24. The van der Waals surface area contributed by atoms with Gasteiger partial charge in [0.05, 0.1) is 13.4 Å². The van der Waals surface area contributed by atoms with Crippen LogP contribution in [0, 0.1) is 11.6 Å². The standard InChI is InChI=1S/C11H8F2N2O2/c1-17-8-3-2-6(4-7(8)12)10-9(13)11(16)15-5-14-10/h2-5H,1H3,(H,14,15,16). The van der Waals surface area contributed by atoms with Gasteiger partial charge in [0.15, 0.2) is 11.6 Å². The van der Waals surface area contributed by atoms with Crippen molar-refractivity contribution in [2.24, 2.45) is 0 Å². The van der Waals surface area contributed by atoms with Gasteiger partial charge in [-0.25, -0.2) is 9.37 Å². The summed E-state index contributed by atoms with van der Waals surface area (Å²) in [5.74, 6) is -1.65. The smallest absolute Gasteiger partial charge is 0.287 e. The number of nitrogens with one attached hydrogen (secondary N) is 1. The number of aromatic amines is 1. The highest BCUT2D eigenvalue weighted by atomic mass is 19.1. The van der Waals surface area contributed by atoms with E-state index in [2.05, 4.69) is 9.97 Å². The fraction of sp³-hybridized carbons (Fsp3) is 0.0909. The normalized spacial score (nSPS) is 10.3. The van der Waals surface area contributed by atoms with E-state index in [4.69, 9.17) is 4.74 Å². The van der Waals surface area contributed by atoms with Gasteiger partial charge in [-0.05, 0) is 18.2 Å². The summed E-state index contributed by atoms with van der Waals surface area (Å²) in [7, 11) is 1.32. The number of halogens is 2. The molecule has 1 aromatic carbocycles. The number of aromatic nitrogens is 2. The van der Waals surface area contributed by atoms with Crippen LogP contribution < -0.4 is 10.3 Å². The molecule has 0 aliphatic rings. The Morgan fingerprint density at radius 2 is 2.12 bits per heavy atom. The summed E-state index contributed by atoms with van der Waals surface area (Å²) >= 11 is 0. The number of methoxy groups -OCH3 is 1. The lowest BCUT2D eigenvalue weighted by Crippen LogP contribution is -2.12. The van der Waals surface area contributed by atoms with Crippen molar-refractivity contribution in [3.05, 3.63) is 46.5 Å². The van der Waals surface area contributed by atoms with Gasteiger partial charge in [-0.2, -0.15) is 4.39 Å². The molecule has 0 radical (unpaired) electrons. The second-order valence-corrected chi connectivity index (χ2v) is 3.24. The topological polar surface area (TPSA) is 55.0 Å². The number of nitrogens with zero attached hydrogens (tertiary/aromatic N) is 1. The number of hydrogen-bond donors (Lipinski definition) is 1. The largest absolute Gasteiger partial charge is 0.494 e. The second kappa shape index (κ2) is 4.32. The molecule has 2 aromatic rings. The van der Waals surface area contributed by atoms with Crippen LogP contribution in [0.15, 0.2) is 29.3 Å². The minimum Gasteiger partial charge on any atom is -0.494 e. The summed E-state index contributed by atoms with van der Waals surface area (Å²) in [5, 5.41) is 0. The van der Waals surface area contributed by atoms with Crippen molar-refractivity contribution in [2.75, 3.05) is 7.11 Å². The molecule has 0 bridgehead atoms. The lowest BCUT2D eigenvalue weighted by atomic mass is 10.1. The Labute approximate surface area is 94.9 Å². The number of hydrogen-bond acceptors (Lipinski definition) is 3. The molecule has 0 aliphatic heterocycles. The third kappa shape index (κ3) is 2.01. The lowest BCUT2D eigenvalue weighted by molar-refractivity contribution is 0.386. The van der Waals surface area contributed by atoms with Crippen molar-refractivity contribution < 1.29 is 13.5 Å². The highest BCUT2D eigenvalue weighted by Crippen LogP contribution is 2.24. The first kappa shape index (κ1) is 11.3. The van der Waals surface area contributed by atoms with Gasteiger partial charge in [-0.15, -0.1) is 0 Å². The van der Waals surface area contributed by atoms with Gasteiger partial charge < -0.3 is 9.72 Å². The molecule has 0 saturated carbocycles. The van der Waals surface area contributed by atoms with Crippen LogP contribution in [0.25, 0.3) is 11.3 Å². The van der Waals surface area contributed by atoms with Crippen LogP contribution in [0.1, 0.15) is 0 Å². The van der Waals surface area contributed by atoms with Crippen LogP contribution in [0.2, 0.25) is 0 Å². The van der Waals surface area contributed by atoms with Crippen molar-refractivity contribution in [3.63, 3.8) is 0 Å². The van der Waals surface area contributed by atoms with Crippen LogP contribution in [0.4, 0.5) is 8.78 Å². The van der Waals surface area contributed by atoms with E-state index in [1.165, 1.54) is 19.2 Å². The molecule has 4 nitrogen and oxygen atoms in total. The van der Waals surface area contributed by atoms with Gasteiger partial charge in [-0.3, -0.25) is 4.79 Å². The fourth-order valence-corrected chi connectivity index (χ4v) is 1.40. The zero-order valence-corrected chi connectivity index (χ0v) is 8.83. The predicted octanol–water partition coefficient (Wildman–Crippen LogP) is 1.72. The molecule has 0 saturated heterocycles. The monoisotopic (exact) mass is 238 g/mol. The average molecular weight is 238 g/mol. The molecule has 0 spiro atoms. The van der Waals surface area contributed by atoms with Gasteiger partial charge in [0.1, 0.15) is 5.69 Å². The Morgan fingerprint density at radius 3 is 2.76 bits per heavy atom. The number of rotatable bonds is 2. The Balaban J connectivity index is 2.58. The molecule has 6 heteroatoms. The molecule has 0 amide bonds. The fourth-order valence-electron chi connectivity index (χ4n) is 1.40. The van der Waals surface area contributed by atoms with E-state index in [0.29, 0.717) is 0 Å². The van der Waals surface area contributed by atoms with E-state index in [-0.39, 0.29) is 17.0 Å². The molecule has 17 heavy (non-hydrogen) atoms. The van der Waals surface area contributed by atoms with Crippen molar-refractivity contribution >= 4 is 0 Å². The predicted molar refractivity (Wildman–Crippen MR) is 56.8 cm³/mol. The molecule has 1 N–H and O–H groups in total. The van der Waals surface area contributed by atoms with Gasteiger partial charge in [0.2, 0.25) is 5.82 Å². The van der Waals surface area contributed by atoms with Gasteiger partial charge in [0, 0.05) is 5.56 Å². The van der Waals surface area contributed by atoms with E-state index >= 15 is 0 Å². The summed E-state index contributed by atoms with van der Waals surface area (Å²) in [6.07, 6.45) is 1.06. The van der Waals surface area contributed by atoms with Crippen LogP contribution in [-0.2, 0) is 0 Å². The van der Waals surface area contributed by atoms with Crippen LogP contribution in [0.5, 0.6) is 5.75 Å². The van der Waals surface area contributed by atoms with Gasteiger partial charge in [0.25, 0.3) is 5.56 Å². The molecular formula is C11H8F2N2O2. The second-order valence-electron chi connectivity index (χ2n) is 3.24. The summed E-state index contributed by atoms with van der Waals surface area (Å²) in [4.78, 5) is 16.8. The van der Waals surface area contributed by atoms with Crippen molar-refractivity contribution in [1.82, 2.24) is 9.97 Å². The minimum absolute atomic E-state index is 0.0407. The first-order chi connectivity index (χ1) is 8.13. The molecule has 0 atom stereocenters.